The molecule has 2 amide bonds. The predicted octanol–water partition coefficient (Wildman–Crippen LogP) is 4.96. The maximum atomic E-state index is 11.7. The topological polar surface area (TPSA) is 99.9 Å². The predicted molar refractivity (Wildman–Crippen MR) is 128 cm³/mol. The Kier molecular flexibility index (Phi) is 6.10. The monoisotopic (exact) mass is 472 g/mol. The van der Waals surface area contributed by atoms with Gasteiger partial charge in [0.15, 0.2) is 17.6 Å². The normalized spacial score (nSPS) is 15.2. The summed E-state index contributed by atoms with van der Waals surface area (Å²) in [7, 11) is 1.57. The van der Waals surface area contributed by atoms with Crippen LogP contribution in [0.3, 0.4) is 0 Å². The summed E-state index contributed by atoms with van der Waals surface area (Å²) in [5.41, 5.74) is 2.51. The van der Waals surface area contributed by atoms with Gasteiger partial charge in [0.25, 0.3) is 5.91 Å². The van der Waals surface area contributed by atoms with Crippen molar-refractivity contribution in [1.82, 2.24) is 10.3 Å². The number of fused-ring (bicyclic) bond motifs is 1. The molecular formula is C27H24N2O6. The number of imide groups is 1. The van der Waals surface area contributed by atoms with Crippen LogP contribution in [0.15, 0.2) is 65.1 Å². The molecular weight excluding hydrogens is 448 g/mol. The fraction of sp³-hybridized carbons (Fsp3) is 0.222. The van der Waals surface area contributed by atoms with Crippen LogP contribution in [0.4, 0.5) is 4.79 Å². The van der Waals surface area contributed by atoms with Gasteiger partial charge in [-0.25, -0.2) is 9.78 Å². The maximum Gasteiger partial charge on any atom is 0.414 e. The Morgan fingerprint density at radius 1 is 1.00 bits per heavy atom. The van der Waals surface area contributed by atoms with Gasteiger partial charge < -0.3 is 18.6 Å². The number of methoxy groups -OCH3 is 1. The molecule has 0 spiro atoms. The molecule has 1 aliphatic rings. The van der Waals surface area contributed by atoms with E-state index in [1.807, 2.05) is 49.4 Å². The number of oxazole rings is 1. The Morgan fingerprint density at radius 2 is 1.83 bits per heavy atom. The van der Waals surface area contributed by atoms with Gasteiger partial charge in [0, 0.05) is 5.56 Å². The molecule has 1 N–H and O–H groups in total. The maximum absolute atomic E-state index is 11.7. The van der Waals surface area contributed by atoms with Crippen molar-refractivity contribution >= 4 is 22.8 Å². The van der Waals surface area contributed by atoms with Crippen LogP contribution in [-0.4, -0.2) is 30.2 Å². The van der Waals surface area contributed by atoms with E-state index in [9.17, 15) is 9.59 Å². The van der Waals surface area contributed by atoms with Crippen molar-refractivity contribution in [3.05, 3.63) is 77.7 Å². The lowest BCUT2D eigenvalue weighted by molar-refractivity contribution is -0.123. The number of amides is 2. The number of carbonyl (C=O) groups excluding carboxylic acids is 2. The molecule has 0 bridgehead atoms. The number of nitrogens with zero attached hydrogens (tertiary/aromatic N) is 1. The summed E-state index contributed by atoms with van der Waals surface area (Å²) >= 11 is 0. The molecule has 8 heteroatoms. The van der Waals surface area contributed by atoms with E-state index < -0.39 is 18.1 Å². The zero-order valence-electron chi connectivity index (χ0n) is 19.4. The van der Waals surface area contributed by atoms with Gasteiger partial charge in [-0.05, 0) is 60.4 Å². The van der Waals surface area contributed by atoms with Gasteiger partial charge in [-0.3, -0.25) is 10.1 Å². The molecule has 4 aromatic rings. The van der Waals surface area contributed by atoms with Crippen molar-refractivity contribution in [2.24, 2.45) is 0 Å². The van der Waals surface area contributed by atoms with Crippen molar-refractivity contribution in [2.45, 2.75) is 32.5 Å². The van der Waals surface area contributed by atoms with E-state index >= 15 is 0 Å². The lowest BCUT2D eigenvalue weighted by Crippen LogP contribution is -2.24. The highest BCUT2D eigenvalue weighted by atomic mass is 16.6. The van der Waals surface area contributed by atoms with Crippen molar-refractivity contribution in [1.29, 1.82) is 0 Å². The highest BCUT2D eigenvalue weighted by Crippen LogP contribution is 2.31. The molecule has 35 heavy (non-hydrogen) atoms. The molecule has 5 rings (SSSR count). The van der Waals surface area contributed by atoms with Crippen LogP contribution in [0.1, 0.15) is 23.4 Å². The average molecular weight is 472 g/mol. The molecule has 0 saturated carbocycles. The lowest BCUT2D eigenvalue weighted by atomic mass is 10.1. The van der Waals surface area contributed by atoms with Crippen molar-refractivity contribution in [2.75, 3.05) is 7.11 Å². The fourth-order valence-electron chi connectivity index (χ4n) is 4.02. The molecule has 0 radical (unpaired) electrons. The van der Waals surface area contributed by atoms with Crippen molar-refractivity contribution in [3.8, 4) is 23.0 Å². The largest absolute Gasteiger partial charge is 0.493 e. The molecule has 8 nitrogen and oxygen atoms in total. The van der Waals surface area contributed by atoms with E-state index in [0.29, 0.717) is 41.7 Å². The van der Waals surface area contributed by atoms with Gasteiger partial charge in [-0.1, -0.05) is 36.4 Å². The standard InChI is InChI=1S/C27H24N2O6/c1-16-21(28-26(34-16)20-10-9-18-5-3-4-6-19(18)14-20)15-33-24-13-17(7-11-22(24)32-2)8-12-23-25(30)29-27(31)35-23/h3-7,9-11,13-14,23H,8,12,15H2,1-2H3,(H,29,30,31). The number of alkyl carbamates (subject to hydrolysis) is 1. The summed E-state index contributed by atoms with van der Waals surface area (Å²) in [6.45, 7) is 2.06. The van der Waals surface area contributed by atoms with E-state index in [2.05, 4.69) is 28.5 Å². The summed E-state index contributed by atoms with van der Waals surface area (Å²) in [5, 5.41) is 4.41. The Balaban J connectivity index is 1.29. The van der Waals surface area contributed by atoms with Gasteiger partial charge in [-0.2, -0.15) is 0 Å². The molecule has 1 aromatic heterocycles. The van der Waals surface area contributed by atoms with E-state index in [1.165, 1.54) is 0 Å². The molecule has 1 saturated heterocycles. The number of benzene rings is 3. The summed E-state index contributed by atoms with van der Waals surface area (Å²) in [4.78, 5) is 27.6. The van der Waals surface area contributed by atoms with E-state index in [0.717, 1.165) is 21.9 Å². The Labute approximate surface area is 201 Å². The third kappa shape index (κ3) is 4.82. The quantitative estimate of drug-likeness (QED) is 0.387. The first-order chi connectivity index (χ1) is 17.0. The average Bonchev–Trinajstić information content (AvgIpc) is 3.41. The number of ether oxygens (including phenoxy) is 3. The van der Waals surface area contributed by atoms with Crippen LogP contribution >= 0.6 is 0 Å². The first-order valence-electron chi connectivity index (χ1n) is 11.3. The Bertz CT molecular complexity index is 1410. The molecule has 178 valence electrons. The molecule has 1 aliphatic heterocycles. The number of nitrogens with one attached hydrogen (secondary N) is 1. The second-order valence-electron chi connectivity index (χ2n) is 8.28. The summed E-state index contributed by atoms with van der Waals surface area (Å²) in [5.74, 6) is 1.93. The number of hydrogen-bond acceptors (Lipinski definition) is 7. The number of aryl methyl sites for hydroxylation is 2. The number of hydrogen-bond donors (Lipinski definition) is 1. The first-order valence-corrected chi connectivity index (χ1v) is 11.3. The molecule has 1 fully saturated rings. The first kappa shape index (κ1) is 22.5. The number of carbonyl (C=O) groups is 2. The number of rotatable bonds is 8. The molecule has 0 aliphatic carbocycles. The Morgan fingerprint density at radius 3 is 2.60 bits per heavy atom. The lowest BCUT2D eigenvalue weighted by Gasteiger charge is -2.12. The van der Waals surface area contributed by atoms with Crippen LogP contribution in [0.25, 0.3) is 22.2 Å². The second-order valence-corrected chi connectivity index (χ2v) is 8.28. The van der Waals surface area contributed by atoms with Gasteiger partial charge in [0.05, 0.1) is 7.11 Å². The van der Waals surface area contributed by atoms with Crippen LogP contribution in [0.2, 0.25) is 0 Å². The van der Waals surface area contributed by atoms with E-state index in [4.69, 9.17) is 18.6 Å². The van der Waals surface area contributed by atoms with Crippen molar-refractivity contribution < 1.29 is 28.2 Å². The minimum absolute atomic E-state index is 0.200. The zero-order chi connectivity index (χ0) is 24.4. The fourth-order valence-corrected chi connectivity index (χ4v) is 4.02. The highest BCUT2D eigenvalue weighted by molar-refractivity contribution is 5.99. The molecule has 2 heterocycles. The van der Waals surface area contributed by atoms with Gasteiger partial charge in [0.2, 0.25) is 5.89 Å². The molecule has 1 atom stereocenters. The number of aromatic nitrogens is 1. The summed E-state index contributed by atoms with van der Waals surface area (Å²) < 4.78 is 22.4. The highest BCUT2D eigenvalue weighted by Gasteiger charge is 2.31. The van der Waals surface area contributed by atoms with Crippen molar-refractivity contribution in [3.63, 3.8) is 0 Å². The summed E-state index contributed by atoms with van der Waals surface area (Å²) in [6, 6.07) is 19.8. The smallest absolute Gasteiger partial charge is 0.414 e. The van der Waals surface area contributed by atoms with Gasteiger partial charge in [0.1, 0.15) is 18.1 Å². The van der Waals surface area contributed by atoms with E-state index in [1.54, 1.807) is 7.11 Å². The minimum Gasteiger partial charge on any atom is -0.493 e. The third-order valence-corrected chi connectivity index (χ3v) is 5.94. The minimum atomic E-state index is -0.778. The van der Waals surface area contributed by atoms with Crippen LogP contribution in [-0.2, 0) is 22.6 Å². The van der Waals surface area contributed by atoms with Gasteiger partial charge >= 0.3 is 6.09 Å². The second kappa shape index (κ2) is 9.50. The zero-order valence-corrected chi connectivity index (χ0v) is 19.4. The van der Waals surface area contributed by atoms with E-state index in [-0.39, 0.29) is 6.61 Å². The third-order valence-electron chi connectivity index (χ3n) is 5.94. The van der Waals surface area contributed by atoms with Crippen LogP contribution < -0.4 is 14.8 Å². The molecule has 3 aromatic carbocycles. The molecule has 1 unspecified atom stereocenters. The van der Waals surface area contributed by atoms with Crippen LogP contribution in [0.5, 0.6) is 11.5 Å². The summed E-state index contributed by atoms with van der Waals surface area (Å²) in [6.07, 6.45) is -0.577. The number of cyclic esters (lactones) is 1. The SMILES string of the molecule is COc1ccc(CCC2OC(=O)NC2=O)cc1OCc1nc(-c2ccc3ccccc3c2)oc1C. The Hall–Kier alpha value is -4.33. The van der Waals surface area contributed by atoms with Gasteiger partial charge in [-0.15, -0.1) is 0 Å². The van der Waals surface area contributed by atoms with Crippen LogP contribution in [0, 0.1) is 6.92 Å².